The van der Waals surface area contributed by atoms with Crippen molar-refractivity contribution in [3.63, 3.8) is 0 Å². The number of hydrogen-bond acceptors (Lipinski definition) is 6. The minimum atomic E-state index is -0.395. The topological polar surface area (TPSA) is 79.2 Å². The zero-order valence-electron chi connectivity index (χ0n) is 11.6. The second-order valence-electron chi connectivity index (χ2n) is 4.47. The van der Waals surface area contributed by atoms with Gasteiger partial charge in [0.25, 0.3) is 0 Å². The van der Waals surface area contributed by atoms with Crippen molar-refractivity contribution in [2.45, 2.75) is 19.3 Å². The molecule has 1 aliphatic rings. The minimum absolute atomic E-state index is 0.0630. The van der Waals surface area contributed by atoms with Crippen LogP contribution in [0.3, 0.4) is 0 Å². The van der Waals surface area contributed by atoms with Gasteiger partial charge in [-0.3, -0.25) is 9.59 Å². The molecule has 0 spiro atoms. The Bertz CT molecular complexity index is 643. The standard InChI is InChI=1S/C14H14N2O3S2/c1-8-3-4-11(21-8)9-5-12(17)16-14(10(9)6-15)20-7-13(18)19-2/h3-4,9H,5,7H2,1-2H3,(H,16,17)/t9-/m1/s1. The van der Waals surface area contributed by atoms with Gasteiger partial charge in [-0.25, -0.2) is 0 Å². The summed E-state index contributed by atoms with van der Waals surface area (Å²) in [5, 5.41) is 12.6. The Morgan fingerprint density at radius 3 is 2.95 bits per heavy atom. The monoisotopic (exact) mass is 322 g/mol. The fourth-order valence-corrected chi connectivity index (χ4v) is 3.90. The predicted molar refractivity (Wildman–Crippen MR) is 81.7 cm³/mol. The van der Waals surface area contributed by atoms with E-state index in [-0.39, 0.29) is 24.0 Å². The molecule has 1 N–H and O–H groups in total. The van der Waals surface area contributed by atoms with Crippen LogP contribution < -0.4 is 5.32 Å². The molecule has 0 aliphatic carbocycles. The number of hydrogen-bond donors (Lipinski definition) is 1. The molecule has 5 nitrogen and oxygen atoms in total. The van der Waals surface area contributed by atoms with Crippen LogP contribution in [0.4, 0.5) is 0 Å². The summed E-state index contributed by atoms with van der Waals surface area (Å²) in [6.45, 7) is 1.99. The molecule has 7 heteroatoms. The molecule has 0 saturated heterocycles. The summed E-state index contributed by atoms with van der Waals surface area (Å²) in [7, 11) is 1.30. The van der Waals surface area contributed by atoms with Crippen molar-refractivity contribution in [2.75, 3.05) is 12.9 Å². The largest absolute Gasteiger partial charge is 0.468 e. The van der Waals surface area contributed by atoms with Crippen molar-refractivity contribution in [2.24, 2.45) is 0 Å². The zero-order valence-corrected chi connectivity index (χ0v) is 13.3. The van der Waals surface area contributed by atoms with Crippen molar-refractivity contribution in [3.8, 4) is 6.07 Å². The van der Waals surface area contributed by atoms with Crippen LogP contribution in [-0.4, -0.2) is 24.7 Å². The summed E-state index contributed by atoms with van der Waals surface area (Å²) in [5.74, 6) is -0.707. The lowest BCUT2D eigenvalue weighted by Gasteiger charge is -2.23. The highest BCUT2D eigenvalue weighted by atomic mass is 32.2. The van der Waals surface area contributed by atoms with Crippen molar-refractivity contribution >= 4 is 35.0 Å². The fraction of sp³-hybridized carbons (Fsp3) is 0.357. The number of thiophene rings is 1. The van der Waals surface area contributed by atoms with Gasteiger partial charge in [-0.05, 0) is 19.1 Å². The number of nitrogens with one attached hydrogen (secondary N) is 1. The summed E-state index contributed by atoms with van der Waals surface area (Å²) in [4.78, 5) is 25.2. The van der Waals surface area contributed by atoms with Gasteiger partial charge >= 0.3 is 5.97 Å². The van der Waals surface area contributed by atoms with Gasteiger partial charge in [0, 0.05) is 22.1 Å². The number of rotatable bonds is 4. The lowest BCUT2D eigenvalue weighted by Crippen LogP contribution is -2.31. The fourth-order valence-electron chi connectivity index (χ4n) is 2.01. The van der Waals surface area contributed by atoms with Crippen molar-refractivity contribution in [1.29, 1.82) is 5.26 Å². The van der Waals surface area contributed by atoms with E-state index in [0.29, 0.717) is 10.6 Å². The molecule has 1 aromatic heterocycles. The molecule has 21 heavy (non-hydrogen) atoms. The van der Waals surface area contributed by atoms with Crippen LogP contribution in [0.2, 0.25) is 0 Å². The number of methoxy groups -OCH3 is 1. The van der Waals surface area contributed by atoms with Crippen LogP contribution in [0.25, 0.3) is 0 Å². The minimum Gasteiger partial charge on any atom is -0.468 e. The number of nitriles is 1. The maximum Gasteiger partial charge on any atom is 0.316 e. The molecule has 0 fully saturated rings. The molecule has 0 unspecified atom stereocenters. The third-order valence-corrected chi connectivity index (χ3v) is 5.13. The number of allylic oxidation sites excluding steroid dienone is 1. The number of thioether (sulfide) groups is 1. The molecular weight excluding hydrogens is 308 g/mol. The second-order valence-corrected chi connectivity index (χ2v) is 6.78. The zero-order chi connectivity index (χ0) is 15.4. The van der Waals surface area contributed by atoms with Gasteiger partial charge in [0.15, 0.2) is 0 Å². The van der Waals surface area contributed by atoms with Gasteiger partial charge in [-0.15, -0.1) is 11.3 Å². The van der Waals surface area contributed by atoms with Crippen LogP contribution in [0.15, 0.2) is 22.7 Å². The molecule has 1 aliphatic heterocycles. The van der Waals surface area contributed by atoms with Crippen molar-refractivity contribution in [1.82, 2.24) is 5.32 Å². The molecular formula is C14H14N2O3S2. The third-order valence-electron chi connectivity index (χ3n) is 3.02. The number of aryl methyl sites for hydroxylation is 1. The Morgan fingerprint density at radius 2 is 2.38 bits per heavy atom. The number of carbonyl (C=O) groups excluding carboxylic acids is 2. The number of ether oxygens (including phenoxy) is 1. The van der Waals surface area contributed by atoms with E-state index in [1.807, 2.05) is 19.1 Å². The van der Waals surface area contributed by atoms with E-state index in [1.54, 1.807) is 11.3 Å². The quantitative estimate of drug-likeness (QED) is 0.861. The van der Waals surface area contributed by atoms with Gasteiger partial charge in [-0.1, -0.05) is 11.8 Å². The summed E-state index contributed by atoms with van der Waals surface area (Å²) in [6, 6.07) is 6.10. The van der Waals surface area contributed by atoms with Gasteiger partial charge in [0.2, 0.25) is 5.91 Å². The summed E-state index contributed by atoms with van der Waals surface area (Å²) >= 11 is 2.71. The molecule has 0 aromatic carbocycles. The van der Waals surface area contributed by atoms with Crippen LogP contribution >= 0.6 is 23.1 Å². The number of esters is 1. The first-order valence-corrected chi connectivity index (χ1v) is 8.05. The average molecular weight is 322 g/mol. The van der Waals surface area contributed by atoms with Gasteiger partial charge in [0.05, 0.1) is 29.5 Å². The van der Waals surface area contributed by atoms with E-state index in [1.165, 1.54) is 7.11 Å². The van der Waals surface area contributed by atoms with E-state index in [0.717, 1.165) is 21.5 Å². The van der Waals surface area contributed by atoms with E-state index >= 15 is 0 Å². The highest BCUT2D eigenvalue weighted by Crippen LogP contribution is 2.38. The highest BCUT2D eigenvalue weighted by Gasteiger charge is 2.30. The maximum atomic E-state index is 11.9. The molecule has 0 radical (unpaired) electrons. The Hall–Kier alpha value is -1.78. The highest BCUT2D eigenvalue weighted by molar-refractivity contribution is 8.03. The number of amides is 1. The Labute approximate surface area is 131 Å². The second kappa shape index (κ2) is 6.78. The SMILES string of the molecule is COC(=O)CSC1=C(C#N)[C@H](c2ccc(C)s2)CC(=O)N1. The first-order valence-electron chi connectivity index (χ1n) is 6.25. The Morgan fingerprint density at radius 1 is 1.62 bits per heavy atom. The molecule has 0 bridgehead atoms. The lowest BCUT2D eigenvalue weighted by molar-refractivity contribution is -0.137. The molecule has 2 rings (SSSR count). The van der Waals surface area contributed by atoms with Crippen LogP contribution in [-0.2, 0) is 14.3 Å². The van der Waals surface area contributed by atoms with Gasteiger partial charge < -0.3 is 10.1 Å². The molecule has 1 amide bonds. The molecule has 0 saturated carbocycles. The first-order chi connectivity index (χ1) is 10.0. The van der Waals surface area contributed by atoms with E-state index < -0.39 is 5.97 Å². The Balaban J connectivity index is 2.30. The van der Waals surface area contributed by atoms with Crippen LogP contribution in [0.5, 0.6) is 0 Å². The van der Waals surface area contributed by atoms with Crippen LogP contribution in [0, 0.1) is 18.3 Å². The molecule has 1 atom stereocenters. The predicted octanol–water partition coefficient (Wildman–Crippen LogP) is 2.30. The third kappa shape index (κ3) is 3.65. The van der Waals surface area contributed by atoms with E-state index in [4.69, 9.17) is 0 Å². The molecule has 2 heterocycles. The molecule has 1 aromatic rings. The van der Waals surface area contributed by atoms with Crippen molar-refractivity contribution < 1.29 is 14.3 Å². The number of carbonyl (C=O) groups is 2. The van der Waals surface area contributed by atoms with Crippen molar-refractivity contribution in [3.05, 3.63) is 32.5 Å². The number of nitrogens with zero attached hydrogens (tertiary/aromatic N) is 1. The van der Waals surface area contributed by atoms with E-state index in [9.17, 15) is 14.9 Å². The molecule has 110 valence electrons. The van der Waals surface area contributed by atoms with Gasteiger partial charge in [0.1, 0.15) is 0 Å². The summed E-state index contributed by atoms with van der Waals surface area (Å²) in [5.41, 5.74) is 0.505. The van der Waals surface area contributed by atoms with E-state index in [2.05, 4.69) is 16.1 Å². The smallest absolute Gasteiger partial charge is 0.316 e. The average Bonchev–Trinajstić information content (AvgIpc) is 2.90. The van der Waals surface area contributed by atoms with Gasteiger partial charge in [-0.2, -0.15) is 5.26 Å². The first kappa shape index (κ1) is 15.6. The lowest BCUT2D eigenvalue weighted by atomic mass is 9.92. The Kier molecular flexibility index (Phi) is 5.04. The van der Waals surface area contributed by atoms with Crippen LogP contribution in [0.1, 0.15) is 22.1 Å². The summed E-state index contributed by atoms with van der Waals surface area (Å²) in [6.07, 6.45) is 0.255. The summed E-state index contributed by atoms with van der Waals surface area (Å²) < 4.78 is 4.58. The maximum absolute atomic E-state index is 11.9. The normalized spacial score (nSPS) is 18.1.